The second-order valence-corrected chi connectivity index (χ2v) is 7.03. The molecule has 26 heavy (non-hydrogen) atoms. The van der Waals surface area contributed by atoms with Crippen molar-refractivity contribution in [2.24, 2.45) is 0 Å². The van der Waals surface area contributed by atoms with Crippen molar-refractivity contribution in [2.75, 3.05) is 5.32 Å². The maximum atomic E-state index is 12.4. The van der Waals surface area contributed by atoms with Crippen molar-refractivity contribution in [2.45, 2.75) is 13.8 Å². The van der Waals surface area contributed by atoms with Crippen LogP contribution in [0.15, 0.2) is 60.2 Å². The minimum atomic E-state index is -0.458. The Morgan fingerprint density at radius 1 is 1.12 bits per heavy atom. The van der Waals surface area contributed by atoms with Crippen LogP contribution in [0.1, 0.15) is 16.0 Å². The maximum absolute atomic E-state index is 12.4. The van der Waals surface area contributed by atoms with Gasteiger partial charge >= 0.3 is 0 Å². The largest absolute Gasteiger partial charge is 0.297 e. The Morgan fingerprint density at radius 2 is 1.81 bits per heavy atom. The lowest BCUT2D eigenvalue weighted by molar-refractivity contribution is -0.112. The van der Waals surface area contributed by atoms with Crippen molar-refractivity contribution < 1.29 is 4.79 Å². The van der Waals surface area contributed by atoms with E-state index in [-0.39, 0.29) is 5.57 Å². The molecule has 1 heterocycles. The summed E-state index contributed by atoms with van der Waals surface area (Å²) in [6.07, 6.45) is 1.57. The third kappa shape index (κ3) is 4.05. The number of amides is 1. The number of aryl methyl sites for hydroxylation is 2. The normalized spacial score (nSPS) is 11.0. The highest BCUT2D eigenvalue weighted by Gasteiger charge is 2.15. The molecule has 0 fully saturated rings. The zero-order valence-corrected chi connectivity index (χ0v) is 15.3. The summed E-state index contributed by atoms with van der Waals surface area (Å²) in [4.78, 5) is 17.9. The van der Waals surface area contributed by atoms with Gasteiger partial charge in [-0.25, -0.2) is 4.98 Å². The van der Waals surface area contributed by atoms with Crippen LogP contribution in [-0.4, -0.2) is 10.9 Å². The predicted octanol–water partition coefficient (Wildman–Crippen LogP) is 4.97. The summed E-state index contributed by atoms with van der Waals surface area (Å²) in [5, 5.41) is 12.5. The Balaban J connectivity index is 1.81. The van der Waals surface area contributed by atoms with Gasteiger partial charge in [-0.15, -0.1) is 11.3 Å². The molecule has 0 bridgehead atoms. The first-order valence-corrected chi connectivity index (χ1v) is 8.91. The van der Waals surface area contributed by atoms with Crippen LogP contribution in [-0.2, 0) is 4.79 Å². The van der Waals surface area contributed by atoms with Gasteiger partial charge in [0.15, 0.2) is 5.13 Å². The van der Waals surface area contributed by atoms with Crippen LogP contribution in [0, 0.1) is 25.2 Å². The molecule has 0 saturated carbocycles. The second kappa shape index (κ2) is 7.77. The van der Waals surface area contributed by atoms with Crippen molar-refractivity contribution in [3.63, 3.8) is 0 Å². The first kappa shape index (κ1) is 17.6. The smallest absolute Gasteiger partial charge is 0.268 e. The summed E-state index contributed by atoms with van der Waals surface area (Å²) in [5.74, 6) is -0.458. The molecule has 1 N–H and O–H groups in total. The Morgan fingerprint density at radius 3 is 2.46 bits per heavy atom. The van der Waals surface area contributed by atoms with E-state index in [9.17, 15) is 10.1 Å². The molecule has 0 aliphatic rings. The first-order chi connectivity index (χ1) is 12.6. The van der Waals surface area contributed by atoms with Crippen molar-refractivity contribution in [3.05, 3.63) is 76.2 Å². The van der Waals surface area contributed by atoms with E-state index in [1.807, 2.05) is 74.5 Å². The fourth-order valence-electron chi connectivity index (χ4n) is 2.46. The standard InChI is InChI=1S/C21H17N3OS/c1-14-8-10-17(11-9-14)19-15(2)26-21(23-19)24-20(25)18(13-22)12-16-6-4-3-5-7-16/h3-12H,1-2H3,(H,23,24,25). The van der Waals surface area contributed by atoms with Crippen LogP contribution < -0.4 is 5.32 Å². The van der Waals surface area contributed by atoms with Crippen molar-refractivity contribution in [1.82, 2.24) is 4.98 Å². The van der Waals surface area contributed by atoms with E-state index in [1.54, 1.807) is 6.08 Å². The molecular formula is C21H17N3OS. The average Bonchev–Trinajstić information content (AvgIpc) is 3.01. The van der Waals surface area contributed by atoms with Crippen LogP contribution in [0.3, 0.4) is 0 Å². The quantitative estimate of drug-likeness (QED) is 0.528. The van der Waals surface area contributed by atoms with E-state index >= 15 is 0 Å². The van der Waals surface area contributed by atoms with Crippen LogP contribution in [0.5, 0.6) is 0 Å². The number of benzene rings is 2. The fraction of sp³-hybridized carbons (Fsp3) is 0.0952. The molecule has 0 unspecified atom stereocenters. The minimum Gasteiger partial charge on any atom is -0.297 e. The maximum Gasteiger partial charge on any atom is 0.268 e. The minimum absolute atomic E-state index is 0.0425. The van der Waals surface area contributed by atoms with Gasteiger partial charge in [-0.1, -0.05) is 60.2 Å². The lowest BCUT2D eigenvalue weighted by atomic mass is 10.1. The summed E-state index contributed by atoms with van der Waals surface area (Å²) in [7, 11) is 0. The molecule has 1 aromatic heterocycles. The van der Waals surface area contributed by atoms with Crippen LogP contribution in [0.25, 0.3) is 17.3 Å². The van der Waals surface area contributed by atoms with E-state index in [4.69, 9.17) is 0 Å². The molecule has 0 radical (unpaired) electrons. The third-order valence-corrected chi connectivity index (χ3v) is 4.70. The summed E-state index contributed by atoms with van der Waals surface area (Å²) in [6, 6.07) is 19.3. The molecule has 0 aliphatic heterocycles. The predicted molar refractivity (Wildman–Crippen MR) is 106 cm³/mol. The lowest BCUT2D eigenvalue weighted by Gasteiger charge is -2.01. The van der Waals surface area contributed by atoms with E-state index in [0.717, 1.165) is 21.7 Å². The molecular weight excluding hydrogens is 342 g/mol. The number of aromatic nitrogens is 1. The number of carbonyl (C=O) groups is 1. The van der Waals surface area contributed by atoms with Gasteiger partial charge in [-0.3, -0.25) is 10.1 Å². The van der Waals surface area contributed by atoms with E-state index in [2.05, 4.69) is 10.3 Å². The molecule has 0 atom stereocenters. The van der Waals surface area contributed by atoms with Gasteiger partial charge in [0.25, 0.3) is 5.91 Å². The second-order valence-electron chi connectivity index (χ2n) is 5.82. The number of thiazole rings is 1. The molecule has 4 nitrogen and oxygen atoms in total. The van der Waals surface area contributed by atoms with Crippen LogP contribution >= 0.6 is 11.3 Å². The third-order valence-electron chi connectivity index (χ3n) is 3.82. The Hall–Kier alpha value is -3.23. The number of nitrogens with zero attached hydrogens (tertiary/aromatic N) is 2. The number of carbonyl (C=O) groups excluding carboxylic acids is 1. The molecule has 0 saturated heterocycles. The Labute approximate surface area is 156 Å². The van der Waals surface area contributed by atoms with Crippen molar-refractivity contribution >= 4 is 28.5 Å². The van der Waals surface area contributed by atoms with Crippen molar-refractivity contribution in [1.29, 1.82) is 5.26 Å². The first-order valence-electron chi connectivity index (χ1n) is 8.09. The highest BCUT2D eigenvalue weighted by atomic mass is 32.1. The number of anilines is 1. The molecule has 0 spiro atoms. The van der Waals surface area contributed by atoms with Gasteiger partial charge in [0.2, 0.25) is 0 Å². The van der Waals surface area contributed by atoms with Gasteiger partial charge in [0.05, 0.1) is 5.69 Å². The van der Waals surface area contributed by atoms with Gasteiger partial charge in [-0.2, -0.15) is 5.26 Å². The molecule has 1 amide bonds. The fourth-order valence-corrected chi connectivity index (χ4v) is 3.29. The number of hydrogen-bond acceptors (Lipinski definition) is 4. The van der Waals surface area contributed by atoms with E-state index < -0.39 is 5.91 Å². The van der Waals surface area contributed by atoms with Gasteiger partial charge in [-0.05, 0) is 25.5 Å². The lowest BCUT2D eigenvalue weighted by Crippen LogP contribution is -2.13. The summed E-state index contributed by atoms with van der Waals surface area (Å²) in [6.45, 7) is 4.00. The van der Waals surface area contributed by atoms with Gasteiger partial charge in [0.1, 0.15) is 11.6 Å². The van der Waals surface area contributed by atoms with Crippen molar-refractivity contribution in [3.8, 4) is 17.3 Å². The monoisotopic (exact) mass is 359 g/mol. The summed E-state index contributed by atoms with van der Waals surface area (Å²) < 4.78 is 0. The summed E-state index contributed by atoms with van der Waals surface area (Å²) in [5.41, 5.74) is 3.87. The molecule has 2 aromatic carbocycles. The Kier molecular flexibility index (Phi) is 5.26. The highest BCUT2D eigenvalue weighted by molar-refractivity contribution is 7.16. The molecule has 128 valence electrons. The summed E-state index contributed by atoms with van der Waals surface area (Å²) >= 11 is 1.40. The Bertz CT molecular complexity index is 996. The SMILES string of the molecule is Cc1ccc(-c2nc(NC(=O)C(C#N)=Cc3ccccc3)sc2C)cc1. The number of nitrogens with one attached hydrogen (secondary N) is 1. The van der Waals surface area contributed by atoms with E-state index in [1.165, 1.54) is 16.9 Å². The number of rotatable bonds is 4. The van der Waals surface area contributed by atoms with Gasteiger partial charge < -0.3 is 0 Å². The van der Waals surface area contributed by atoms with Crippen LogP contribution in [0.4, 0.5) is 5.13 Å². The molecule has 0 aliphatic carbocycles. The zero-order valence-electron chi connectivity index (χ0n) is 14.5. The van der Waals surface area contributed by atoms with Crippen LogP contribution in [0.2, 0.25) is 0 Å². The number of hydrogen-bond donors (Lipinski definition) is 1. The van der Waals surface area contributed by atoms with Gasteiger partial charge in [0, 0.05) is 10.4 Å². The zero-order chi connectivity index (χ0) is 18.5. The number of nitriles is 1. The average molecular weight is 359 g/mol. The van der Waals surface area contributed by atoms with E-state index in [0.29, 0.717) is 5.13 Å². The topological polar surface area (TPSA) is 65.8 Å². The molecule has 5 heteroatoms. The molecule has 3 aromatic rings. The molecule has 3 rings (SSSR count). The highest BCUT2D eigenvalue weighted by Crippen LogP contribution is 2.30.